The molecule has 0 spiro atoms. The number of nitrogens with one attached hydrogen (secondary N) is 2. The largest absolute Gasteiger partial charge is 0.351 e. The zero-order valence-corrected chi connectivity index (χ0v) is 15.3. The number of aromatic nitrogens is 3. The predicted octanol–water partition coefficient (Wildman–Crippen LogP) is 1.70. The molecule has 1 aliphatic carbocycles. The number of aryl methyl sites for hydroxylation is 1. The second kappa shape index (κ2) is 6.81. The Morgan fingerprint density at radius 2 is 2.38 bits per heavy atom. The van der Waals surface area contributed by atoms with E-state index in [1.54, 1.807) is 10.8 Å². The number of hydrogen-bond donors (Lipinski definition) is 2. The van der Waals surface area contributed by atoms with Crippen molar-refractivity contribution in [2.75, 3.05) is 5.33 Å². The van der Waals surface area contributed by atoms with E-state index in [-0.39, 0.29) is 11.4 Å². The van der Waals surface area contributed by atoms with Gasteiger partial charge in [0.15, 0.2) is 0 Å². The Kier molecular flexibility index (Phi) is 4.76. The second-order valence-corrected chi connectivity index (χ2v) is 6.75. The minimum absolute atomic E-state index is 0.0912. The number of allylic oxidation sites excluding steroid dienone is 1. The maximum atomic E-state index is 12.8. The summed E-state index contributed by atoms with van der Waals surface area (Å²) < 4.78 is 1.77. The molecule has 6 heteroatoms. The number of halogens is 1. The fourth-order valence-electron chi connectivity index (χ4n) is 3.09. The molecule has 1 fully saturated rings. The van der Waals surface area contributed by atoms with Gasteiger partial charge in [-0.15, -0.1) is 0 Å². The van der Waals surface area contributed by atoms with Gasteiger partial charge < -0.3 is 10.3 Å². The smallest absolute Gasteiger partial charge is 0.268 e. The lowest BCUT2D eigenvalue weighted by molar-refractivity contribution is 0.0818. The summed E-state index contributed by atoms with van der Waals surface area (Å²) in [4.78, 5) is 16.0. The molecule has 2 N–H and O–H groups in total. The highest BCUT2D eigenvalue weighted by Gasteiger charge is 2.41. The standard InChI is InChI=1S/C18H21BrN4O/c1-3-5-15-13(6-9-19)10-16(21-15)17(24)22-18(7-4-8-18)14-11-20-23(2)12-14/h3,5-6,10-12,21H,1,4,7-9H2,2H3,(H,22,24)/b13-6-,15-5+. The average molecular weight is 389 g/mol. The van der Waals surface area contributed by atoms with Gasteiger partial charge in [0.2, 0.25) is 0 Å². The minimum Gasteiger partial charge on any atom is -0.351 e. The molecule has 2 aromatic heterocycles. The van der Waals surface area contributed by atoms with E-state index in [0.29, 0.717) is 5.69 Å². The summed E-state index contributed by atoms with van der Waals surface area (Å²) in [5.74, 6) is -0.0912. The van der Waals surface area contributed by atoms with Crippen LogP contribution in [0, 0.1) is 0 Å². The lowest BCUT2D eigenvalue weighted by atomic mass is 9.73. The molecule has 5 nitrogen and oxygen atoms in total. The first-order valence-electron chi connectivity index (χ1n) is 7.97. The molecule has 24 heavy (non-hydrogen) atoms. The molecule has 0 atom stereocenters. The van der Waals surface area contributed by atoms with Crippen molar-refractivity contribution in [3.63, 3.8) is 0 Å². The molecular weight excluding hydrogens is 368 g/mol. The molecule has 0 saturated heterocycles. The van der Waals surface area contributed by atoms with Gasteiger partial charge in [0.1, 0.15) is 5.69 Å². The molecule has 0 unspecified atom stereocenters. The summed E-state index contributed by atoms with van der Waals surface area (Å²) >= 11 is 3.40. The van der Waals surface area contributed by atoms with E-state index in [1.165, 1.54) is 0 Å². The maximum absolute atomic E-state index is 12.8. The fraction of sp³-hybridized carbons (Fsp3) is 0.333. The number of aromatic amines is 1. The van der Waals surface area contributed by atoms with Crippen molar-refractivity contribution in [3.05, 3.63) is 52.9 Å². The summed E-state index contributed by atoms with van der Waals surface area (Å²) in [6.07, 6.45) is 12.4. The van der Waals surface area contributed by atoms with Crippen LogP contribution in [0.3, 0.4) is 0 Å². The Morgan fingerprint density at radius 3 is 2.92 bits per heavy atom. The number of carbonyl (C=O) groups excluding carboxylic acids is 1. The summed E-state index contributed by atoms with van der Waals surface area (Å²) in [6, 6.07) is 1.88. The molecular formula is C18H21BrN4O. The van der Waals surface area contributed by atoms with Crippen LogP contribution in [-0.4, -0.2) is 26.0 Å². The van der Waals surface area contributed by atoms with Gasteiger partial charge in [-0.05, 0) is 36.6 Å². The van der Waals surface area contributed by atoms with Crippen LogP contribution in [0.5, 0.6) is 0 Å². The number of amides is 1. The topological polar surface area (TPSA) is 62.7 Å². The molecule has 1 amide bonds. The molecule has 1 saturated carbocycles. The summed E-state index contributed by atoms with van der Waals surface area (Å²) in [5, 5.41) is 10.1. The van der Waals surface area contributed by atoms with Gasteiger partial charge in [0, 0.05) is 29.5 Å². The van der Waals surface area contributed by atoms with Crippen LogP contribution in [0.4, 0.5) is 0 Å². The highest BCUT2D eigenvalue weighted by molar-refractivity contribution is 9.09. The van der Waals surface area contributed by atoms with Gasteiger partial charge in [0.05, 0.1) is 11.7 Å². The van der Waals surface area contributed by atoms with Crippen LogP contribution >= 0.6 is 15.9 Å². The number of nitrogens with zero attached hydrogens (tertiary/aromatic N) is 2. The third-order valence-electron chi connectivity index (χ3n) is 4.52. The second-order valence-electron chi connectivity index (χ2n) is 6.11. The normalized spacial score (nSPS) is 17.6. The number of alkyl halides is 1. The van der Waals surface area contributed by atoms with Crippen LogP contribution < -0.4 is 15.9 Å². The van der Waals surface area contributed by atoms with E-state index < -0.39 is 0 Å². The first-order valence-corrected chi connectivity index (χ1v) is 9.10. The van der Waals surface area contributed by atoms with Crippen molar-refractivity contribution in [1.82, 2.24) is 20.1 Å². The van der Waals surface area contributed by atoms with Crippen LogP contribution in [0.25, 0.3) is 12.2 Å². The maximum Gasteiger partial charge on any atom is 0.268 e. The summed E-state index contributed by atoms with van der Waals surface area (Å²) in [6.45, 7) is 3.72. The highest BCUT2D eigenvalue weighted by Crippen LogP contribution is 2.41. The Bertz CT molecular complexity index is 873. The van der Waals surface area contributed by atoms with E-state index in [9.17, 15) is 4.79 Å². The van der Waals surface area contributed by atoms with Crippen LogP contribution in [0.15, 0.2) is 31.1 Å². The first kappa shape index (κ1) is 16.8. The van der Waals surface area contributed by atoms with E-state index in [0.717, 1.165) is 40.7 Å². The monoisotopic (exact) mass is 388 g/mol. The number of rotatable bonds is 5. The van der Waals surface area contributed by atoms with Gasteiger partial charge in [0.25, 0.3) is 5.91 Å². The summed E-state index contributed by atoms with van der Waals surface area (Å²) in [7, 11) is 1.89. The van der Waals surface area contributed by atoms with Crippen LogP contribution in [0.1, 0.15) is 35.3 Å². The third kappa shape index (κ3) is 3.11. The van der Waals surface area contributed by atoms with Crippen molar-refractivity contribution in [2.45, 2.75) is 24.8 Å². The fourth-order valence-corrected chi connectivity index (χ4v) is 3.43. The number of carbonyl (C=O) groups is 1. The molecule has 0 aliphatic heterocycles. The highest BCUT2D eigenvalue weighted by atomic mass is 79.9. The Balaban J connectivity index is 1.90. The molecule has 0 aromatic carbocycles. The zero-order chi connectivity index (χ0) is 17.2. The van der Waals surface area contributed by atoms with Crippen LogP contribution in [-0.2, 0) is 12.6 Å². The first-order chi connectivity index (χ1) is 11.6. The minimum atomic E-state index is -0.294. The van der Waals surface area contributed by atoms with Crippen molar-refractivity contribution >= 4 is 34.0 Å². The Hall–Kier alpha value is -2.08. The van der Waals surface area contributed by atoms with E-state index in [1.807, 2.05) is 37.7 Å². The molecule has 0 bridgehead atoms. The van der Waals surface area contributed by atoms with E-state index >= 15 is 0 Å². The van der Waals surface area contributed by atoms with Crippen molar-refractivity contribution in [2.24, 2.45) is 7.05 Å². The third-order valence-corrected chi connectivity index (χ3v) is 4.85. The molecule has 2 aromatic rings. The Morgan fingerprint density at radius 1 is 1.58 bits per heavy atom. The van der Waals surface area contributed by atoms with Gasteiger partial charge in [-0.3, -0.25) is 9.48 Å². The van der Waals surface area contributed by atoms with Gasteiger partial charge >= 0.3 is 0 Å². The van der Waals surface area contributed by atoms with Crippen molar-refractivity contribution in [3.8, 4) is 0 Å². The lowest BCUT2D eigenvalue weighted by Gasteiger charge is -2.41. The van der Waals surface area contributed by atoms with Crippen molar-refractivity contribution < 1.29 is 4.79 Å². The lowest BCUT2D eigenvalue weighted by Crippen LogP contribution is -2.50. The van der Waals surface area contributed by atoms with Crippen LogP contribution in [0.2, 0.25) is 0 Å². The Labute approximate surface area is 149 Å². The van der Waals surface area contributed by atoms with E-state index in [4.69, 9.17) is 0 Å². The average Bonchev–Trinajstić information content (AvgIpc) is 3.11. The quantitative estimate of drug-likeness (QED) is 0.765. The molecule has 1 aliphatic rings. The number of hydrogen-bond acceptors (Lipinski definition) is 2. The predicted molar refractivity (Wildman–Crippen MR) is 99.2 cm³/mol. The van der Waals surface area contributed by atoms with E-state index in [2.05, 4.69) is 37.9 Å². The van der Waals surface area contributed by atoms with Crippen molar-refractivity contribution in [1.29, 1.82) is 0 Å². The van der Waals surface area contributed by atoms with Gasteiger partial charge in [-0.25, -0.2) is 0 Å². The summed E-state index contributed by atoms with van der Waals surface area (Å²) in [5.41, 5.74) is 1.34. The molecule has 3 rings (SSSR count). The van der Waals surface area contributed by atoms with Gasteiger partial charge in [-0.2, -0.15) is 5.10 Å². The molecule has 126 valence electrons. The zero-order valence-electron chi connectivity index (χ0n) is 13.7. The molecule has 0 radical (unpaired) electrons. The SMILES string of the molecule is C=C/C=c1/[nH]c(C(=O)NC2(c3cnn(C)c3)CCC2)c/c1=C/CBr. The number of H-pyrrole nitrogens is 1. The van der Waals surface area contributed by atoms with Gasteiger partial charge in [-0.1, -0.05) is 34.7 Å². The molecule has 2 heterocycles.